The summed E-state index contributed by atoms with van der Waals surface area (Å²) in [7, 11) is -3.34. The van der Waals surface area contributed by atoms with Gasteiger partial charge < -0.3 is 5.32 Å². The van der Waals surface area contributed by atoms with Crippen molar-refractivity contribution in [3.05, 3.63) is 29.3 Å². The molecule has 0 radical (unpaired) electrons. The number of nitrogens with zero attached hydrogens (tertiary/aromatic N) is 1. The Bertz CT molecular complexity index is 567. The van der Waals surface area contributed by atoms with E-state index in [1.807, 2.05) is 23.9 Å². The van der Waals surface area contributed by atoms with Crippen molar-refractivity contribution in [2.45, 2.75) is 31.7 Å². The molecule has 1 heterocycles. The van der Waals surface area contributed by atoms with Crippen LogP contribution in [0.4, 0.5) is 0 Å². The van der Waals surface area contributed by atoms with Gasteiger partial charge >= 0.3 is 0 Å². The maximum atomic E-state index is 12.7. The summed E-state index contributed by atoms with van der Waals surface area (Å²) >= 11 is 1.81. The Labute approximate surface area is 132 Å². The predicted molar refractivity (Wildman–Crippen MR) is 89.3 cm³/mol. The second-order valence-corrected chi connectivity index (χ2v) is 8.24. The van der Waals surface area contributed by atoms with E-state index < -0.39 is 10.0 Å². The van der Waals surface area contributed by atoms with Crippen LogP contribution in [0.15, 0.2) is 23.1 Å². The molecule has 6 heteroatoms. The molecule has 0 amide bonds. The van der Waals surface area contributed by atoms with Crippen LogP contribution in [0.5, 0.6) is 0 Å². The molecule has 118 valence electrons. The molecule has 1 N–H and O–H groups in total. The van der Waals surface area contributed by atoms with Gasteiger partial charge in [0.25, 0.3) is 0 Å². The second kappa shape index (κ2) is 7.63. The molecule has 2 rings (SSSR count). The maximum Gasteiger partial charge on any atom is 0.243 e. The molecule has 21 heavy (non-hydrogen) atoms. The highest BCUT2D eigenvalue weighted by molar-refractivity contribution is 7.99. The zero-order valence-electron chi connectivity index (χ0n) is 12.8. The maximum absolute atomic E-state index is 12.7. The van der Waals surface area contributed by atoms with Crippen molar-refractivity contribution in [1.82, 2.24) is 9.62 Å². The normalized spacial score (nSPS) is 17.0. The van der Waals surface area contributed by atoms with Crippen LogP contribution in [0, 0.1) is 0 Å². The Hall–Kier alpha value is -0.560. The molecule has 1 aromatic rings. The number of hydrogen-bond donors (Lipinski definition) is 1. The van der Waals surface area contributed by atoms with E-state index in [1.165, 1.54) is 5.56 Å². The quantitative estimate of drug-likeness (QED) is 0.869. The number of hydrogen-bond acceptors (Lipinski definition) is 4. The molecule has 0 atom stereocenters. The van der Waals surface area contributed by atoms with Gasteiger partial charge in [0.1, 0.15) is 0 Å². The molecule has 1 aliphatic rings. The summed E-state index contributed by atoms with van der Waals surface area (Å²) < 4.78 is 27.0. The van der Waals surface area contributed by atoms with Crippen LogP contribution in [0.1, 0.15) is 25.0 Å². The number of nitrogens with one attached hydrogen (secondary N) is 1. The van der Waals surface area contributed by atoms with Crippen molar-refractivity contribution in [2.24, 2.45) is 0 Å². The fourth-order valence-corrected chi connectivity index (χ4v) is 5.09. The van der Waals surface area contributed by atoms with E-state index >= 15 is 0 Å². The molecule has 1 aromatic carbocycles. The lowest BCUT2D eigenvalue weighted by Gasteiger charge is -2.26. The Balaban J connectivity index is 2.29. The molecule has 0 spiro atoms. The van der Waals surface area contributed by atoms with Crippen LogP contribution in [-0.4, -0.2) is 43.9 Å². The first kappa shape index (κ1) is 16.8. The Morgan fingerprint density at radius 2 is 1.90 bits per heavy atom. The van der Waals surface area contributed by atoms with Gasteiger partial charge in [-0.2, -0.15) is 16.1 Å². The summed E-state index contributed by atoms with van der Waals surface area (Å²) in [5.74, 6) is 1.77. The average Bonchev–Trinajstić information content (AvgIpc) is 2.53. The summed E-state index contributed by atoms with van der Waals surface area (Å²) in [5.41, 5.74) is 2.30. The third-order valence-electron chi connectivity index (χ3n) is 3.73. The fraction of sp³-hybridized carbons (Fsp3) is 0.600. The molecule has 0 aromatic heterocycles. The topological polar surface area (TPSA) is 49.4 Å². The van der Waals surface area contributed by atoms with Gasteiger partial charge in [0.05, 0.1) is 4.90 Å². The van der Waals surface area contributed by atoms with Gasteiger partial charge in [0.2, 0.25) is 10.0 Å². The highest BCUT2D eigenvalue weighted by atomic mass is 32.2. The van der Waals surface area contributed by atoms with Gasteiger partial charge in [-0.3, -0.25) is 0 Å². The van der Waals surface area contributed by atoms with Gasteiger partial charge in [-0.15, -0.1) is 0 Å². The van der Waals surface area contributed by atoms with Crippen LogP contribution >= 0.6 is 11.8 Å². The van der Waals surface area contributed by atoms with E-state index in [-0.39, 0.29) is 0 Å². The zero-order chi connectivity index (χ0) is 15.3. The van der Waals surface area contributed by atoms with Crippen LogP contribution in [0.3, 0.4) is 0 Å². The molecule has 4 nitrogen and oxygen atoms in total. The minimum Gasteiger partial charge on any atom is -0.313 e. The van der Waals surface area contributed by atoms with Gasteiger partial charge in [-0.1, -0.05) is 19.9 Å². The Kier molecular flexibility index (Phi) is 6.10. The molecule has 0 saturated carbocycles. The van der Waals surface area contributed by atoms with Crippen molar-refractivity contribution in [1.29, 1.82) is 0 Å². The van der Waals surface area contributed by atoms with E-state index in [1.54, 1.807) is 10.4 Å². The lowest BCUT2D eigenvalue weighted by molar-refractivity contribution is 0.443. The molecule has 1 fully saturated rings. The number of rotatable bonds is 6. The predicted octanol–water partition coefficient (Wildman–Crippen LogP) is 2.10. The molecule has 0 bridgehead atoms. The third-order valence-corrected chi connectivity index (χ3v) is 6.57. The van der Waals surface area contributed by atoms with Crippen molar-refractivity contribution in [3.8, 4) is 0 Å². The van der Waals surface area contributed by atoms with Crippen LogP contribution in [0.2, 0.25) is 0 Å². The zero-order valence-corrected chi connectivity index (χ0v) is 14.4. The summed E-state index contributed by atoms with van der Waals surface area (Å²) in [4.78, 5) is 0.430. The smallest absolute Gasteiger partial charge is 0.243 e. The largest absolute Gasteiger partial charge is 0.313 e. The Morgan fingerprint density at radius 3 is 2.52 bits per heavy atom. The summed E-state index contributed by atoms with van der Waals surface area (Å²) in [6.07, 6.45) is 0.918. The molecular weight excluding hydrogens is 304 g/mol. The average molecular weight is 329 g/mol. The summed E-state index contributed by atoms with van der Waals surface area (Å²) in [6.45, 7) is 6.98. The first-order valence-electron chi connectivity index (χ1n) is 7.50. The minimum atomic E-state index is -3.34. The molecule has 0 unspecified atom stereocenters. The lowest BCUT2D eigenvalue weighted by Crippen LogP contribution is -2.37. The molecule has 1 saturated heterocycles. The van der Waals surface area contributed by atoms with E-state index in [9.17, 15) is 8.42 Å². The monoisotopic (exact) mass is 328 g/mol. The van der Waals surface area contributed by atoms with Gasteiger partial charge in [0, 0.05) is 31.1 Å². The highest BCUT2D eigenvalue weighted by Gasteiger charge is 2.26. The SMILES string of the molecule is CCNCc1cc(S(=O)(=O)N2CCSCC2)ccc1CC. The standard InChI is InChI=1S/C15H24N2O2S2/c1-3-13-5-6-15(11-14(13)12-16-4-2)21(18,19)17-7-9-20-10-8-17/h5-6,11,16H,3-4,7-10,12H2,1-2H3. The van der Waals surface area contributed by atoms with E-state index in [0.29, 0.717) is 18.0 Å². The first-order chi connectivity index (χ1) is 10.1. The van der Waals surface area contributed by atoms with E-state index in [4.69, 9.17) is 0 Å². The summed E-state index contributed by atoms with van der Waals surface area (Å²) in [5, 5.41) is 3.29. The van der Waals surface area contributed by atoms with Crippen molar-refractivity contribution < 1.29 is 8.42 Å². The molecule has 0 aliphatic carbocycles. The van der Waals surface area contributed by atoms with Crippen molar-refractivity contribution >= 4 is 21.8 Å². The van der Waals surface area contributed by atoms with E-state index in [0.717, 1.165) is 36.6 Å². The van der Waals surface area contributed by atoms with E-state index in [2.05, 4.69) is 19.2 Å². The van der Waals surface area contributed by atoms with Crippen LogP contribution in [-0.2, 0) is 23.0 Å². The van der Waals surface area contributed by atoms with Crippen molar-refractivity contribution in [3.63, 3.8) is 0 Å². The van der Waals surface area contributed by atoms with Gasteiger partial charge in [0.15, 0.2) is 0 Å². The van der Waals surface area contributed by atoms with Crippen LogP contribution in [0.25, 0.3) is 0 Å². The summed E-state index contributed by atoms with van der Waals surface area (Å²) in [6, 6.07) is 5.56. The first-order valence-corrected chi connectivity index (χ1v) is 10.1. The lowest BCUT2D eigenvalue weighted by atomic mass is 10.1. The fourth-order valence-electron chi connectivity index (χ4n) is 2.47. The number of aryl methyl sites for hydroxylation is 1. The van der Waals surface area contributed by atoms with Crippen LogP contribution < -0.4 is 5.32 Å². The minimum absolute atomic E-state index is 0.430. The van der Waals surface area contributed by atoms with Gasteiger partial charge in [-0.05, 0) is 36.2 Å². The number of benzene rings is 1. The third kappa shape index (κ3) is 4.00. The molecule has 1 aliphatic heterocycles. The Morgan fingerprint density at radius 1 is 1.19 bits per heavy atom. The van der Waals surface area contributed by atoms with Crippen molar-refractivity contribution in [2.75, 3.05) is 31.1 Å². The number of thioether (sulfide) groups is 1. The van der Waals surface area contributed by atoms with Gasteiger partial charge in [-0.25, -0.2) is 8.42 Å². The second-order valence-electron chi connectivity index (χ2n) is 5.08. The molecular formula is C15H24N2O2S2. The highest BCUT2D eigenvalue weighted by Crippen LogP contribution is 2.23. The number of sulfonamides is 1.